The quantitative estimate of drug-likeness (QED) is 0.450. The van der Waals surface area contributed by atoms with E-state index in [9.17, 15) is 9.59 Å². The van der Waals surface area contributed by atoms with E-state index >= 15 is 0 Å². The molecule has 1 saturated carbocycles. The lowest BCUT2D eigenvalue weighted by molar-refractivity contribution is -0.141. The van der Waals surface area contributed by atoms with Crippen molar-refractivity contribution in [2.75, 3.05) is 0 Å². The highest BCUT2D eigenvalue weighted by molar-refractivity contribution is 5.88. The van der Waals surface area contributed by atoms with E-state index in [-0.39, 0.29) is 17.9 Å². The number of rotatable bonds is 10. The monoisotopic (exact) mass is 462 g/mol. The van der Waals surface area contributed by atoms with Gasteiger partial charge in [-0.25, -0.2) is 0 Å². The molecule has 4 heteroatoms. The molecule has 2 aromatic rings. The van der Waals surface area contributed by atoms with Crippen LogP contribution in [0.5, 0.6) is 0 Å². The average Bonchev–Trinajstić information content (AvgIpc) is 2.84. The predicted molar refractivity (Wildman–Crippen MR) is 140 cm³/mol. The third-order valence-corrected chi connectivity index (χ3v) is 7.08. The highest BCUT2D eigenvalue weighted by Crippen LogP contribution is 2.20. The molecule has 0 spiro atoms. The summed E-state index contributed by atoms with van der Waals surface area (Å²) in [5.41, 5.74) is 4.71. The maximum atomic E-state index is 13.5. The first-order chi connectivity index (χ1) is 16.4. The molecule has 34 heavy (non-hydrogen) atoms. The van der Waals surface area contributed by atoms with Gasteiger partial charge in [0, 0.05) is 19.0 Å². The maximum absolute atomic E-state index is 13.5. The third kappa shape index (κ3) is 7.44. The Bertz CT molecular complexity index is 912. The van der Waals surface area contributed by atoms with E-state index in [1.807, 2.05) is 11.8 Å². The number of hydrogen-bond acceptors (Lipinski definition) is 2. The average molecular weight is 463 g/mol. The Morgan fingerprint density at radius 3 is 2.15 bits per heavy atom. The molecule has 0 bridgehead atoms. The molecular weight excluding hydrogens is 420 g/mol. The second kappa shape index (κ2) is 12.7. The Morgan fingerprint density at radius 2 is 1.56 bits per heavy atom. The van der Waals surface area contributed by atoms with Gasteiger partial charge in [0.25, 0.3) is 0 Å². The van der Waals surface area contributed by atoms with Crippen LogP contribution in [0.3, 0.4) is 0 Å². The van der Waals surface area contributed by atoms with Crippen LogP contribution in [-0.2, 0) is 22.6 Å². The summed E-state index contributed by atoms with van der Waals surface area (Å²) in [7, 11) is 0. The zero-order chi connectivity index (χ0) is 24.5. The Kier molecular flexibility index (Phi) is 9.74. The number of amides is 2. The molecular formula is C30H42N2O2. The van der Waals surface area contributed by atoms with Crippen molar-refractivity contribution in [3.8, 4) is 0 Å². The van der Waals surface area contributed by atoms with Crippen molar-refractivity contribution in [1.82, 2.24) is 10.2 Å². The second-order valence-corrected chi connectivity index (χ2v) is 10.2. The molecule has 1 aliphatic rings. The first-order valence-corrected chi connectivity index (χ1v) is 13.1. The summed E-state index contributed by atoms with van der Waals surface area (Å²) >= 11 is 0. The van der Waals surface area contributed by atoms with Crippen LogP contribution in [0, 0.1) is 6.92 Å². The van der Waals surface area contributed by atoms with Crippen molar-refractivity contribution in [1.29, 1.82) is 0 Å². The predicted octanol–water partition coefficient (Wildman–Crippen LogP) is 6.31. The van der Waals surface area contributed by atoms with Crippen LogP contribution in [0.1, 0.15) is 93.9 Å². The number of benzene rings is 2. The molecule has 0 saturated heterocycles. The molecule has 1 fully saturated rings. The van der Waals surface area contributed by atoms with Crippen molar-refractivity contribution in [2.24, 2.45) is 0 Å². The molecule has 3 rings (SSSR count). The Morgan fingerprint density at radius 1 is 0.941 bits per heavy atom. The second-order valence-electron chi connectivity index (χ2n) is 10.2. The minimum atomic E-state index is -0.445. The fourth-order valence-corrected chi connectivity index (χ4v) is 4.82. The number of aryl methyl sites for hydroxylation is 2. The SMILES string of the molecule is CC[C@@H](C(=O)NC1CCCCC1)N(Cc1ccc(C)cc1)C(=O)CCc1ccc(C(C)C)cc1. The molecule has 0 aromatic heterocycles. The summed E-state index contributed by atoms with van der Waals surface area (Å²) in [5.74, 6) is 0.531. The standard InChI is InChI=1S/C30H42N2O2/c1-5-28(30(34)31-27-9-7-6-8-10-27)32(21-25-13-11-23(4)12-14-25)29(33)20-17-24-15-18-26(19-16-24)22(2)3/h11-16,18-19,22,27-28H,5-10,17,20-21H2,1-4H3,(H,31,34)/t28-/m0/s1. The van der Waals surface area contributed by atoms with Crippen LogP contribution in [-0.4, -0.2) is 28.8 Å². The molecule has 0 unspecified atom stereocenters. The van der Waals surface area contributed by atoms with Crippen LogP contribution < -0.4 is 5.32 Å². The van der Waals surface area contributed by atoms with Gasteiger partial charge in [0.2, 0.25) is 11.8 Å². The molecule has 1 atom stereocenters. The summed E-state index contributed by atoms with van der Waals surface area (Å²) in [6.07, 6.45) is 7.37. The number of hydrogen-bond donors (Lipinski definition) is 1. The Hall–Kier alpha value is -2.62. The van der Waals surface area contributed by atoms with Crippen LogP contribution in [0.4, 0.5) is 0 Å². The van der Waals surface area contributed by atoms with E-state index in [1.165, 1.54) is 30.4 Å². The van der Waals surface area contributed by atoms with Gasteiger partial charge < -0.3 is 10.2 Å². The van der Waals surface area contributed by atoms with Gasteiger partial charge in [0.15, 0.2) is 0 Å². The number of carbonyl (C=O) groups excluding carboxylic acids is 2. The minimum absolute atomic E-state index is 0.00357. The minimum Gasteiger partial charge on any atom is -0.352 e. The number of nitrogens with zero attached hydrogens (tertiary/aromatic N) is 1. The molecule has 2 aromatic carbocycles. The van der Waals surface area contributed by atoms with Crippen molar-refractivity contribution in [3.05, 3.63) is 70.8 Å². The Balaban J connectivity index is 1.73. The van der Waals surface area contributed by atoms with Gasteiger partial charge in [0.1, 0.15) is 6.04 Å². The van der Waals surface area contributed by atoms with Gasteiger partial charge in [-0.3, -0.25) is 9.59 Å². The highest BCUT2D eigenvalue weighted by atomic mass is 16.2. The maximum Gasteiger partial charge on any atom is 0.243 e. The van der Waals surface area contributed by atoms with E-state index in [1.54, 1.807) is 0 Å². The van der Waals surface area contributed by atoms with Crippen LogP contribution in [0.15, 0.2) is 48.5 Å². The van der Waals surface area contributed by atoms with Gasteiger partial charge in [-0.15, -0.1) is 0 Å². The molecule has 1 N–H and O–H groups in total. The van der Waals surface area contributed by atoms with Crippen molar-refractivity contribution in [2.45, 2.75) is 104 Å². The van der Waals surface area contributed by atoms with Crippen molar-refractivity contribution in [3.63, 3.8) is 0 Å². The lowest BCUT2D eigenvalue weighted by Gasteiger charge is -2.33. The summed E-state index contributed by atoms with van der Waals surface area (Å²) in [4.78, 5) is 28.6. The van der Waals surface area contributed by atoms with Crippen molar-refractivity contribution >= 4 is 11.8 Å². The Labute approximate surface area is 206 Å². The normalized spacial score (nSPS) is 15.2. The lowest BCUT2D eigenvalue weighted by atomic mass is 9.95. The zero-order valence-corrected chi connectivity index (χ0v) is 21.5. The summed E-state index contributed by atoms with van der Waals surface area (Å²) in [6.45, 7) is 8.90. The molecule has 0 aliphatic heterocycles. The van der Waals surface area contributed by atoms with Gasteiger partial charge in [-0.05, 0) is 55.2 Å². The summed E-state index contributed by atoms with van der Waals surface area (Å²) in [5, 5.41) is 3.26. The molecule has 0 radical (unpaired) electrons. The fourth-order valence-electron chi connectivity index (χ4n) is 4.82. The van der Waals surface area contributed by atoms with Gasteiger partial charge >= 0.3 is 0 Å². The number of nitrogens with one attached hydrogen (secondary N) is 1. The van der Waals surface area contributed by atoms with E-state index in [4.69, 9.17) is 0 Å². The third-order valence-electron chi connectivity index (χ3n) is 7.08. The van der Waals surface area contributed by atoms with E-state index < -0.39 is 6.04 Å². The summed E-state index contributed by atoms with van der Waals surface area (Å²) in [6, 6.07) is 16.6. The van der Waals surface area contributed by atoms with E-state index in [2.05, 4.69) is 74.6 Å². The van der Waals surface area contributed by atoms with E-state index in [0.29, 0.717) is 31.7 Å². The van der Waals surface area contributed by atoms with Crippen LogP contribution in [0.2, 0.25) is 0 Å². The lowest BCUT2D eigenvalue weighted by Crippen LogP contribution is -2.51. The zero-order valence-electron chi connectivity index (χ0n) is 21.5. The molecule has 0 heterocycles. The van der Waals surface area contributed by atoms with Crippen LogP contribution in [0.25, 0.3) is 0 Å². The van der Waals surface area contributed by atoms with Gasteiger partial charge in [0.05, 0.1) is 0 Å². The van der Waals surface area contributed by atoms with E-state index in [0.717, 1.165) is 24.0 Å². The van der Waals surface area contributed by atoms with Crippen LogP contribution >= 0.6 is 0 Å². The first-order valence-electron chi connectivity index (χ1n) is 13.1. The molecule has 4 nitrogen and oxygen atoms in total. The topological polar surface area (TPSA) is 49.4 Å². The summed E-state index contributed by atoms with van der Waals surface area (Å²) < 4.78 is 0. The van der Waals surface area contributed by atoms with Crippen molar-refractivity contribution < 1.29 is 9.59 Å². The largest absolute Gasteiger partial charge is 0.352 e. The fraction of sp³-hybridized carbons (Fsp3) is 0.533. The van der Waals surface area contributed by atoms with Gasteiger partial charge in [-0.1, -0.05) is 94.1 Å². The molecule has 2 amide bonds. The van der Waals surface area contributed by atoms with Gasteiger partial charge in [-0.2, -0.15) is 0 Å². The molecule has 1 aliphatic carbocycles. The first kappa shape index (κ1) is 26.0. The smallest absolute Gasteiger partial charge is 0.243 e. The number of carbonyl (C=O) groups is 2. The highest BCUT2D eigenvalue weighted by Gasteiger charge is 2.30. The molecule has 184 valence electrons.